The lowest BCUT2D eigenvalue weighted by atomic mass is 10.00. The molecule has 0 aliphatic carbocycles. The van der Waals surface area contributed by atoms with Crippen LogP contribution in [-0.4, -0.2) is 48.7 Å². The van der Waals surface area contributed by atoms with E-state index in [0.717, 1.165) is 23.4 Å². The second-order valence-corrected chi connectivity index (χ2v) is 9.75. The van der Waals surface area contributed by atoms with E-state index in [2.05, 4.69) is 31.1 Å². The van der Waals surface area contributed by atoms with Crippen molar-refractivity contribution in [1.29, 1.82) is 0 Å². The van der Waals surface area contributed by atoms with Gasteiger partial charge in [-0.3, -0.25) is 4.79 Å². The van der Waals surface area contributed by atoms with Crippen molar-refractivity contribution in [3.63, 3.8) is 0 Å². The van der Waals surface area contributed by atoms with E-state index in [-0.39, 0.29) is 23.1 Å². The van der Waals surface area contributed by atoms with Crippen LogP contribution in [0, 0.1) is 13.8 Å². The molecule has 0 saturated carbocycles. The maximum Gasteiger partial charge on any atom is 0.573 e. The van der Waals surface area contributed by atoms with Crippen molar-refractivity contribution in [2.24, 2.45) is 0 Å². The van der Waals surface area contributed by atoms with Gasteiger partial charge in [-0.2, -0.15) is 0 Å². The molecule has 0 radical (unpaired) electrons. The minimum absolute atomic E-state index is 0.178. The lowest BCUT2D eigenvalue weighted by Crippen LogP contribution is -2.36. The molecule has 5 rings (SSSR count). The maximum absolute atomic E-state index is 13.6. The van der Waals surface area contributed by atoms with Gasteiger partial charge in [-0.05, 0) is 61.7 Å². The van der Waals surface area contributed by atoms with Crippen LogP contribution in [0.1, 0.15) is 38.7 Å². The zero-order valence-corrected chi connectivity index (χ0v) is 21.4. The van der Waals surface area contributed by atoms with E-state index in [1.165, 1.54) is 46.3 Å². The molecule has 0 fully saturated rings. The summed E-state index contributed by atoms with van der Waals surface area (Å²) in [6.45, 7) is 4.74. The summed E-state index contributed by atoms with van der Waals surface area (Å²) < 4.78 is 43.2. The number of thioether (sulfide) groups is 1. The van der Waals surface area contributed by atoms with Gasteiger partial charge in [0, 0.05) is 30.2 Å². The molecule has 1 aliphatic rings. The zero-order chi connectivity index (χ0) is 26.9. The summed E-state index contributed by atoms with van der Waals surface area (Å²) in [4.78, 5) is 24.3. The van der Waals surface area contributed by atoms with Crippen molar-refractivity contribution in [3.05, 3.63) is 88.5 Å². The highest BCUT2D eigenvalue weighted by atomic mass is 32.2. The summed E-state index contributed by atoms with van der Waals surface area (Å²) in [6.07, 6.45) is -4.06. The summed E-state index contributed by atoms with van der Waals surface area (Å²) in [6, 6.07) is 15.1. The molecule has 38 heavy (non-hydrogen) atoms. The molecule has 1 aliphatic heterocycles. The minimum atomic E-state index is -4.80. The summed E-state index contributed by atoms with van der Waals surface area (Å²) in [7, 11) is 0. The fourth-order valence-corrected chi connectivity index (χ4v) is 5.25. The van der Waals surface area contributed by atoms with Crippen LogP contribution in [0.2, 0.25) is 0 Å². The lowest BCUT2D eigenvalue weighted by molar-refractivity contribution is -0.274. The molecule has 3 heterocycles. The Balaban J connectivity index is 1.46. The molecular formula is C26H23F3N6O2S. The number of carbonyl (C=O) groups is 1. The van der Waals surface area contributed by atoms with Crippen LogP contribution in [0.25, 0.3) is 5.69 Å². The first-order chi connectivity index (χ1) is 18.2. The van der Waals surface area contributed by atoms with Crippen molar-refractivity contribution in [2.45, 2.75) is 44.1 Å². The SMILES string of the molecule is Cc1cc(C)nc(SCc2c(C(=O)N3CCc4ccccc4C3)nnn2-c2ccc(OC(F)(F)F)cc2)n1. The van der Waals surface area contributed by atoms with E-state index in [0.29, 0.717) is 29.6 Å². The molecule has 8 nitrogen and oxygen atoms in total. The van der Waals surface area contributed by atoms with Gasteiger partial charge in [0.25, 0.3) is 5.91 Å². The van der Waals surface area contributed by atoms with Crippen LogP contribution >= 0.6 is 11.8 Å². The van der Waals surface area contributed by atoms with Crippen LogP contribution in [0.5, 0.6) is 5.75 Å². The van der Waals surface area contributed by atoms with Crippen LogP contribution < -0.4 is 4.74 Å². The smallest absolute Gasteiger partial charge is 0.406 e. The van der Waals surface area contributed by atoms with Crippen LogP contribution in [0.4, 0.5) is 13.2 Å². The predicted octanol–water partition coefficient (Wildman–Crippen LogP) is 5.06. The third kappa shape index (κ3) is 5.80. The molecule has 0 unspecified atom stereocenters. The van der Waals surface area contributed by atoms with Gasteiger partial charge in [0.05, 0.1) is 11.4 Å². The van der Waals surface area contributed by atoms with Crippen LogP contribution in [-0.2, 0) is 18.7 Å². The number of aromatic nitrogens is 5. The Morgan fingerprint density at radius 2 is 1.71 bits per heavy atom. The second-order valence-electron chi connectivity index (χ2n) is 8.81. The Labute approximate surface area is 220 Å². The highest BCUT2D eigenvalue weighted by Gasteiger charge is 2.31. The Hall–Kier alpha value is -3.93. The molecule has 2 aromatic carbocycles. The van der Waals surface area contributed by atoms with Crippen molar-refractivity contribution in [3.8, 4) is 11.4 Å². The highest BCUT2D eigenvalue weighted by molar-refractivity contribution is 7.98. The van der Waals surface area contributed by atoms with Crippen LogP contribution in [0.15, 0.2) is 59.8 Å². The molecule has 0 saturated heterocycles. The van der Waals surface area contributed by atoms with Gasteiger partial charge in [-0.15, -0.1) is 18.3 Å². The van der Waals surface area contributed by atoms with E-state index in [1.807, 2.05) is 38.1 Å². The zero-order valence-electron chi connectivity index (χ0n) is 20.6. The van der Waals surface area contributed by atoms with Crippen LogP contribution in [0.3, 0.4) is 0 Å². The van der Waals surface area contributed by atoms with Crippen molar-refractivity contribution >= 4 is 17.7 Å². The maximum atomic E-state index is 13.6. The fraction of sp³-hybridized carbons (Fsp3) is 0.269. The third-order valence-corrected chi connectivity index (χ3v) is 6.86. The lowest BCUT2D eigenvalue weighted by Gasteiger charge is -2.28. The quantitative estimate of drug-likeness (QED) is 0.250. The number of benzene rings is 2. The minimum Gasteiger partial charge on any atom is -0.406 e. The van der Waals surface area contributed by atoms with Gasteiger partial charge >= 0.3 is 6.36 Å². The fourth-order valence-electron chi connectivity index (χ4n) is 4.30. The van der Waals surface area contributed by atoms with E-state index < -0.39 is 6.36 Å². The van der Waals surface area contributed by atoms with Gasteiger partial charge in [0.15, 0.2) is 10.9 Å². The number of nitrogens with zero attached hydrogens (tertiary/aromatic N) is 6. The van der Waals surface area contributed by atoms with Gasteiger partial charge in [-0.25, -0.2) is 14.6 Å². The summed E-state index contributed by atoms with van der Waals surface area (Å²) in [5.74, 6) is -0.355. The molecule has 2 aromatic heterocycles. The number of hydrogen-bond donors (Lipinski definition) is 0. The molecule has 0 N–H and O–H groups in total. The monoisotopic (exact) mass is 540 g/mol. The van der Waals surface area contributed by atoms with Crippen molar-refractivity contribution in [1.82, 2.24) is 29.9 Å². The number of fused-ring (bicyclic) bond motifs is 1. The molecule has 196 valence electrons. The number of amides is 1. The van der Waals surface area contributed by atoms with Gasteiger partial charge < -0.3 is 9.64 Å². The summed E-state index contributed by atoms with van der Waals surface area (Å²) in [5.41, 5.74) is 5.03. The number of halogens is 3. The first kappa shape index (κ1) is 25.7. The van der Waals surface area contributed by atoms with E-state index in [9.17, 15) is 18.0 Å². The largest absolute Gasteiger partial charge is 0.573 e. The van der Waals surface area contributed by atoms with E-state index >= 15 is 0 Å². The normalized spacial score (nSPS) is 13.3. The summed E-state index contributed by atoms with van der Waals surface area (Å²) >= 11 is 1.33. The molecule has 0 bridgehead atoms. The number of hydrogen-bond acceptors (Lipinski definition) is 7. The Morgan fingerprint density at radius 1 is 1.03 bits per heavy atom. The van der Waals surface area contributed by atoms with Gasteiger partial charge in [0.2, 0.25) is 0 Å². The first-order valence-corrected chi connectivity index (χ1v) is 12.8. The number of alkyl halides is 3. The average Bonchev–Trinajstić information content (AvgIpc) is 3.29. The average molecular weight is 541 g/mol. The summed E-state index contributed by atoms with van der Waals surface area (Å²) in [5, 5.41) is 8.95. The number of rotatable bonds is 6. The van der Waals surface area contributed by atoms with Gasteiger partial charge in [0.1, 0.15) is 5.75 Å². The molecule has 0 atom stereocenters. The molecule has 1 amide bonds. The molecular weight excluding hydrogens is 517 g/mol. The number of aryl methyl sites for hydroxylation is 2. The standard InChI is InChI=1S/C26H23F3N6O2S/c1-16-13-17(2)31-25(30-16)38-15-22-23(24(36)34-12-11-18-5-3-4-6-19(18)14-34)32-33-35(22)20-7-9-21(10-8-20)37-26(27,28)29/h3-10,13H,11-12,14-15H2,1-2H3. The Morgan fingerprint density at radius 3 is 2.39 bits per heavy atom. The molecule has 4 aromatic rings. The number of carbonyl (C=O) groups excluding carboxylic acids is 1. The molecule has 12 heteroatoms. The molecule has 0 spiro atoms. The van der Waals surface area contributed by atoms with Crippen molar-refractivity contribution < 1.29 is 22.7 Å². The number of ether oxygens (including phenoxy) is 1. The van der Waals surface area contributed by atoms with Crippen molar-refractivity contribution in [2.75, 3.05) is 6.54 Å². The van der Waals surface area contributed by atoms with Gasteiger partial charge in [-0.1, -0.05) is 41.2 Å². The highest BCUT2D eigenvalue weighted by Crippen LogP contribution is 2.28. The Bertz CT molecular complexity index is 1450. The Kier molecular flexibility index (Phi) is 7.06. The second kappa shape index (κ2) is 10.4. The van der Waals surface area contributed by atoms with E-state index in [1.54, 1.807) is 4.90 Å². The first-order valence-electron chi connectivity index (χ1n) is 11.8. The van der Waals surface area contributed by atoms with E-state index in [4.69, 9.17) is 0 Å². The third-order valence-electron chi connectivity index (χ3n) is 6.00. The topological polar surface area (TPSA) is 86.0 Å². The predicted molar refractivity (Wildman–Crippen MR) is 134 cm³/mol.